The van der Waals surface area contributed by atoms with Crippen LogP contribution >= 0.6 is 0 Å². The summed E-state index contributed by atoms with van der Waals surface area (Å²) in [6.45, 7) is 14.0. The molecule has 0 bridgehead atoms. The van der Waals surface area contributed by atoms with Crippen molar-refractivity contribution in [2.45, 2.75) is 109 Å². The minimum atomic E-state index is -0.899. The van der Waals surface area contributed by atoms with Gasteiger partial charge in [-0.15, -0.1) is 0 Å². The normalized spacial score (nSPS) is 17.5. The van der Waals surface area contributed by atoms with E-state index < -0.39 is 23.8 Å². The largest absolute Gasteiger partial charge is 0.444 e. The van der Waals surface area contributed by atoms with Crippen LogP contribution in [0.1, 0.15) is 72.4 Å². The lowest BCUT2D eigenvalue weighted by molar-refractivity contribution is -0.143. The van der Waals surface area contributed by atoms with Crippen LogP contribution in [0.2, 0.25) is 0 Å². The quantitative estimate of drug-likeness (QED) is 0.298. The monoisotopic (exact) mass is 628 g/mol. The maximum Gasteiger partial charge on any atom is 0.410 e. The molecule has 3 amide bonds. The van der Waals surface area contributed by atoms with Gasteiger partial charge in [0.15, 0.2) is 0 Å². The molecule has 0 unspecified atom stereocenters. The van der Waals surface area contributed by atoms with Gasteiger partial charge in [-0.1, -0.05) is 72.8 Å². The van der Waals surface area contributed by atoms with E-state index in [-0.39, 0.29) is 35.4 Å². The summed E-state index contributed by atoms with van der Waals surface area (Å²) in [7, 11) is 3.26. The number of rotatable bonds is 9. The number of fused-ring (bicyclic) bond motifs is 1. The highest BCUT2D eigenvalue weighted by molar-refractivity contribution is 5.92. The summed E-state index contributed by atoms with van der Waals surface area (Å²) in [6, 6.07) is 22.1. The summed E-state index contributed by atoms with van der Waals surface area (Å²) in [5.74, 6) is -0.536. The third kappa shape index (κ3) is 9.32. The third-order valence-electron chi connectivity index (χ3n) is 8.60. The fourth-order valence-electron chi connectivity index (χ4n) is 6.79. The molecule has 3 aromatic rings. The zero-order chi connectivity index (χ0) is 33.9. The highest BCUT2D eigenvalue weighted by atomic mass is 16.6. The summed E-state index contributed by atoms with van der Waals surface area (Å²) in [5, 5.41) is 9.11. The second-order valence-electron chi connectivity index (χ2n) is 15.2. The molecule has 1 aliphatic heterocycles. The number of piperidine rings is 1. The summed E-state index contributed by atoms with van der Waals surface area (Å²) < 4.78 is 5.69. The number of amides is 3. The molecule has 1 heterocycles. The first-order valence-electron chi connectivity index (χ1n) is 16.3. The number of carbonyl (C=O) groups is 3. The number of benzene rings is 3. The van der Waals surface area contributed by atoms with E-state index in [1.54, 1.807) is 34.9 Å². The van der Waals surface area contributed by atoms with Crippen molar-refractivity contribution in [3.05, 3.63) is 83.9 Å². The second-order valence-corrected chi connectivity index (χ2v) is 15.2. The lowest BCUT2D eigenvalue weighted by Crippen LogP contribution is -2.63. The first-order chi connectivity index (χ1) is 21.4. The molecule has 0 spiro atoms. The van der Waals surface area contributed by atoms with Crippen molar-refractivity contribution in [3.8, 4) is 0 Å². The van der Waals surface area contributed by atoms with Gasteiger partial charge in [-0.3, -0.25) is 14.5 Å². The van der Waals surface area contributed by atoms with E-state index in [1.165, 1.54) is 9.80 Å². The Labute approximate surface area is 274 Å². The summed E-state index contributed by atoms with van der Waals surface area (Å²) in [6.07, 6.45) is 1.54. The molecule has 1 aliphatic rings. The van der Waals surface area contributed by atoms with Gasteiger partial charge in [-0.25, -0.2) is 4.79 Å². The molecule has 3 aromatic carbocycles. The minimum Gasteiger partial charge on any atom is -0.444 e. The van der Waals surface area contributed by atoms with E-state index in [9.17, 15) is 14.4 Å². The first-order valence-corrected chi connectivity index (χ1v) is 16.3. The van der Waals surface area contributed by atoms with Crippen LogP contribution in [-0.2, 0) is 27.2 Å². The summed E-state index contributed by atoms with van der Waals surface area (Å²) >= 11 is 0. The van der Waals surface area contributed by atoms with Crippen LogP contribution in [0, 0.1) is 0 Å². The van der Waals surface area contributed by atoms with Crippen LogP contribution < -0.4 is 10.6 Å². The van der Waals surface area contributed by atoms with Gasteiger partial charge in [0.05, 0.1) is 0 Å². The zero-order valence-electron chi connectivity index (χ0n) is 29.0. The van der Waals surface area contributed by atoms with Crippen molar-refractivity contribution in [1.82, 2.24) is 20.4 Å². The van der Waals surface area contributed by atoms with Crippen LogP contribution in [0.4, 0.5) is 4.79 Å². The van der Waals surface area contributed by atoms with Crippen LogP contribution in [0.15, 0.2) is 72.8 Å². The molecular formula is C38H52N4O4. The average molecular weight is 629 g/mol. The van der Waals surface area contributed by atoms with E-state index >= 15 is 0 Å². The van der Waals surface area contributed by atoms with Crippen LogP contribution in [0.3, 0.4) is 0 Å². The number of ether oxygens (including phenoxy) is 1. The number of carbonyl (C=O) groups excluding carboxylic acids is 3. The maximum atomic E-state index is 14.5. The van der Waals surface area contributed by atoms with Crippen molar-refractivity contribution in [2.75, 3.05) is 14.1 Å². The molecule has 0 saturated carbocycles. The van der Waals surface area contributed by atoms with Gasteiger partial charge in [0, 0.05) is 44.1 Å². The van der Waals surface area contributed by atoms with Crippen molar-refractivity contribution in [1.29, 1.82) is 0 Å². The molecule has 0 aliphatic carbocycles. The van der Waals surface area contributed by atoms with E-state index in [2.05, 4.69) is 38.3 Å². The molecule has 248 valence electrons. The molecule has 2 N–H and O–H groups in total. The molecule has 0 radical (unpaired) electrons. The number of hydrogen-bond donors (Lipinski definition) is 2. The number of hydrogen-bond acceptors (Lipinski definition) is 5. The fourth-order valence-corrected chi connectivity index (χ4v) is 6.79. The van der Waals surface area contributed by atoms with Gasteiger partial charge >= 0.3 is 6.09 Å². The van der Waals surface area contributed by atoms with Gasteiger partial charge in [0.1, 0.15) is 17.7 Å². The molecular weight excluding hydrogens is 576 g/mol. The van der Waals surface area contributed by atoms with Gasteiger partial charge < -0.3 is 20.3 Å². The number of likely N-dealkylation sites (N-methyl/N-ethyl adjacent to an activating group) is 2. The van der Waals surface area contributed by atoms with E-state index in [4.69, 9.17) is 4.74 Å². The Morgan fingerprint density at radius 3 is 1.98 bits per heavy atom. The first kappa shape index (κ1) is 35.0. The Bertz CT molecular complexity index is 1510. The molecule has 46 heavy (non-hydrogen) atoms. The molecule has 8 heteroatoms. The van der Waals surface area contributed by atoms with Crippen molar-refractivity contribution in [2.24, 2.45) is 0 Å². The van der Waals surface area contributed by atoms with Crippen LogP contribution in [-0.4, -0.2) is 76.6 Å². The minimum absolute atomic E-state index is 0.0571. The molecule has 1 fully saturated rings. The Morgan fingerprint density at radius 1 is 0.804 bits per heavy atom. The number of nitrogens with zero attached hydrogens (tertiary/aromatic N) is 2. The van der Waals surface area contributed by atoms with Crippen LogP contribution in [0.25, 0.3) is 10.8 Å². The summed E-state index contributed by atoms with van der Waals surface area (Å²) in [5.41, 5.74) is 0.804. The van der Waals surface area contributed by atoms with Gasteiger partial charge in [-0.2, -0.15) is 0 Å². The molecule has 4 rings (SSSR count). The Balaban J connectivity index is 1.66. The van der Waals surface area contributed by atoms with E-state index in [1.807, 2.05) is 72.8 Å². The van der Waals surface area contributed by atoms with Crippen molar-refractivity contribution < 1.29 is 19.1 Å². The van der Waals surface area contributed by atoms with Crippen molar-refractivity contribution in [3.63, 3.8) is 0 Å². The summed E-state index contributed by atoms with van der Waals surface area (Å²) in [4.78, 5) is 45.0. The average Bonchev–Trinajstić information content (AvgIpc) is 2.95. The molecule has 2 atom stereocenters. The predicted molar refractivity (Wildman–Crippen MR) is 185 cm³/mol. The van der Waals surface area contributed by atoms with E-state index in [0.29, 0.717) is 6.42 Å². The molecule has 8 nitrogen and oxygen atoms in total. The van der Waals surface area contributed by atoms with E-state index in [0.717, 1.165) is 34.7 Å². The standard InChI is InChI=1S/C38H52N4O4/c1-36(2,3)46-35(45)42(9)32(23-27-19-20-28-17-13-14-18-29(28)21-27)34(44)41(8)31(22-26-15-11-10-12-16-26)33(43)39-30-24-37(4,5)40-38(6,7)25-30/h10-21,30-32,40H,22-25H2,1-9H3,(H,39,43)/t31-,32-/m1/s1. The molecule has 1 saturated heterocycles. The molecule has 0 aromatic heterocycles. The Hall–Kier alpha value is -3.91. The second kappa shape index (κ2) is 13.8. The van der Waals surface area contributed by atoms with Crippen LogP contribution in [0.5, 0.6) is 0 Å². The SMILES string of the molecule is CN(C(=O)OC(C)(C)C)[C@H](Cc1ccc2ccccc2c1)C(=O)N(C)[C@H](Cc1ccccc1)C(=O)NC1CC(C)(C)NC(C)(C)C1. The lowest BCUT2D eigenvalue weighted by atomic mass is 9.79. The highest BCUT2D eigenvalue weighted by Gasteiger charge is 2.41. The smallest absolute Gasteiger partial charge is 0.410 e. The van der Waals surface area contributed by atoms with Crippen molar-refractivity contribution >= 4 is 28.7 Å². The van der Waals surface area contributed by atoms with Gasteiger partial charge in [0.25, 0.3) is 0 Å². The zero-order valence-corrected chi connectivity index (χ0v) is 29.0. The lowest BCUT2D eigenvalue weighted by Gasteiger charge is -2.47. The third-order valence-corrected chi connectivity index (χ3v) is 8.60. The predicted octanol–water partition coefficient (Wildman–Crippen LogP) is 6.11. The Morgan fingerprint density at radius 2 is 1.37 bits per heavy atom. The number of nitrogens with one attached hydrogen (secondary N) is 2. The topological polar surface area (TPSA) is 91.0 Å². The van der Waals surface area contributed by atoms with Gasteiger partial charge in [-0.05, 0) is 83.2 Å². The highest BCUT2D eigenvalue weighted by Crippen LogP contribution is 2.29. The fraction of sp³-hybridized carbons (Fsp3) is 0.500. The Kier molecular flexibility index (Phi) is 10.5. The van der Waals surface area contributed by atoms with Gasteiger partial charge in [0.2, 0.25) is 11.8 Å². The maximum absolute atomic E-state index is 14.5.